The summed E-state index contributed by atoms with van der Waals surface area (Å²) in [5.41, 5.74) is 10.0. The van der Waals surface area contributed by atoms with Crippen LogP contribution in [0.2, 0.25) is 0 Å². The van der Waals surface area contributed by atoms with Gasteiger partial charge in [-0.25, -0.2) is 0 Å². The molecule has 0 atom stereocenters. The Bertz CT molecular complexity index is 3670. The zero-order chi connectivity index (χ0) is 41.3. The highest BCUT2D eigenvalue weighted by atomic mass is 14.3. The Morgan fingerprint density at radius 1 is 0.242 bits per heavy atom. The summed E-state index contributed by atoms with van der Waals surface area (Å²) in [7, 11) is 0. The number of nitrogens with zero attached hydrogens (tertiary/aromatic N) is 2. The van der Waals surface area contributed by atoms with Crippen molar-refractivity contribution in [2.24, 2.45) is 0 Å². The first-order valence-corrected chi connectivity index (χ1v) is 20.9. The minimum atomic E-state index is 0.376. The number of nitriles is 2. The van der Waals surface area contributed by atoms with Gasteiger partial charge in [0.1, 0.15) is 12.1 Å². The van der Waals surface area contributed by atoms with Crippen molar-refractivity contribution >= 4 is 75.4 Å². The monoisotopic (exact) mass is 782 g/mol. The Labute approximate surface area is 358 Å². The highest BCUT2D eigenvalue weighted by molar-refractivity contribution is 6.38. The lowest BCUT2D eigenvalue weighted by atomic mass is 9.83. The van der Waals surface area contributed by atoms with Crippen molar-refractivity contribution in [3.05, 3.63) is 217 Å². The molecule has 0 bridgehead atoms. The molecule has 0 unspecified atom stereocenters. The van der Waals surface area contributed by atoms with Crippen molar-refractivity contribution in [3.8, 4) is 56.6 Å². The SMILES string of the molecule is N#Cc1cc2c(cc1C#N)c1cc(-c3ccc4cc(-c5ccccc5)ccc4c3)c3ccccc3c1c1c3ccccc3c(-c3ccc4cc(-c5ccccc5)ccc4c3)cc21. The zero-order valence-electron chi connectivity index (χ0n) is 33.5. The summed E-state index contributed by atoms with van der Waals surface area (Å²) < 4.78 is 0. The third-order valence-electron chi connectivity index (χ3n) is 12.8. The molecule has 62 heavy (non-hydrogen) atoms. The molecule has 0 spiro atoms. The van der Waals surface area contributed by atoms with Gasteiger partial charge in [-0.15, -0.1) is 0 Å². The van der Waals surface area contributed by atoms with E-state index in [-0.39, 0.29) is 0 Å². The zero-order valence-corrected chi connectivity index (χ0v) is 33.5. The van der Waals surface area contributed by atoms with Gasteiger partial charge in [0.15, 0.2) is 0 Å². The van der Waals surface area contributed by atoms with E-state index in [4.69, 9.17) is 0 Å². The van der Waals surface area contributed by atoms with Crippen LogP contribution in [0, 0.1) is 22.7 Å². The van der Waals surface area contributed by atoms with Gasteiger partial charge in [0.2, 0.25) is 0 Å². The van der Waals surface area contributed by atoms with Crippen molar-refractivity contribution in [2.45, 2.75) is 0 Å². The summed E-state index contributed by atoms with van der Waals surface area (Å²) in [6.45, 7) is 0. The standard InChI is InChI=1S/C60H34N2/c61-35-47-31-55-56(32-48(47)36-62)58-34-54(46-26-24-42-28-40(20-22-44(42)30-46)38-13-5-2-6-14-38)50-16-8-10-18-52(50)60(58)59-51-17-9-7-15-49(51)53(33-57(55)59)45-25-23-41-27-39(19-21-43(41)29-45)37-11-3-1-4-12-37/h1-34H. The molecule has 12 aromatic rings. The minimum absolute atomic E-state index is 0.376. The van der Waals surface area contributed by atoms with Crippen molar-refractivity contribution < 1.29 is 0 Å². The molecule has 2 nitrogen and oxygen atoms in total. The topological polar surface area (TPSA) is 47.6 Å². The third-order valence-corrected chi connectivity index (χ3v) is 12.8. The Balaban J connectivity index is 1.14. The second-order valence-corrected chi connectivity index (χ2v) is 16.2. The summed E-state index contributed by atoms with van der Waals surface area (Å²) >= 11 is 0. The van der Waals surface area contributed by atoms with Crippen molar-refractivity contribution in [1.29, 1.82) is 10.5 Å². The smallest absolute Gasteiger partial charge is 0.101 e. The fraction of sp³-hybridized carbons (Fsp3) is 0. The molecular formula is C60H34N2. The number of fused-ring (bicyclic) bond motifs is 12. The van der Waals surface area contributed by atoms with Crippen LogP contribution in [-0.2, 0) is 0 Å². The maximum atomic E-state index is 10.4. The fourth-order valence-electron chi connectivity index (χ4n) is 9.87. The largest absolute Gasteiger partial charge is 0.192 e. The maximum absolute atomic E-state index is 10.4. The molecule has 12 rings (SSSR count). The Hall–Kier alpha value is -8.56. The fourth-order valence-corrected chi connectivity index (χ4v) is 9.87. The van der Waals surface area contributed by atoms with Gasteiger partial charge in [-0.05, 0) is 168 Å². The van der Waals surface area contributed by atoms with Crippen LogP contribution in [-0.4, -0.2) is 0 Å². The lowest BCUT2D eigenvalue weighted by Crippen LogP contribution is -1.93. The molecule has 0 saturated heterocycles. The van der Waals surface area contributed by atoms with E-state index in [2.05, 4.69) is 194 Å². The van der Waals surface area contributed by atoms with E-state index in [0.717, 1.165) is 76.1 Å². The summed E-state index contributed by atoms with van der Waals surface area (Å²) in [5.74, 6) is 0. The van der Waals surface area contributed by atoms with E-state index in [9.17, 15) is 10.5 Å². The Morgan fingerprint density at radius 3 is 0.968 bits per heavy atom. The molecule has 0 aromatic heterocycles. The van der Waals surface area contributed by atoms with Crippen molar-refractivity contribution in [1.82, 2.24) is 0 Å². The summed E-state index contributed by atoms with van der Waals surface area (Å²) in [5, 5.41) is 36.4. The lowest BCUT2D eigenvalue weighted by molar-refractivity contribution is 1.45. The van der Waals surface area contributed by atoms with Crippen LogP contribution < -0.4 is 0 Å². The molecular weight excluding hydrogens is 749 g/mol. The number of benzene rings is 12. The van der Waals surface area contributed by atoms with Gasteiger partial charge in [-0.3, -0.25) is 0 Å². The highest BCUT2D eigenvalue weighted by Gasteiger charge is 2.21. The van der Waals surface area contributed by atoms with Crippen LogP contribution in [0.3, 0.4) is 0 Å². The van der Waals surface area contributed by atoms with Crippen LogP contribution in [0.25, 0.3) is 120 Å². The molecule has 0 amide bonds. The number of rotatable bonds is 4. The molecule has 12 aromatic carbocycles. The molecule has 0 fully saturated rings. The maximum Gasteiger partial charge on any atom is 0.101 e. The van der Waals surface area contributed by atoms with Gasteiger partial charge >= 0.3 is 0 Å². The number of hydrogen-bond acceptors (Lipinski definition) is 2. The van der Waals surface area contributed by atoms with Crippen LogP contribution in [0.5, 0.6) is 0 Å². The molecule has 0 N–H and O–H groups in total. The molecule has 2 heteroatoms. The number of hydrogen-bond donors (Lipinski definition) is 0. The van der Waals surface area contributed by atoms with E-state index >= 15 is 0 Å². The van der Waals surface area contributed by atoms with E-state index in [1.165, 1.54) is 43.8 Å². The van der Waals surface area contributed by atoms with Crippen LogP contribution in [0.15, 0.2) is 206 Å². The summed E-state index contributed by atoms with van der Waals surface area (Å²) in [6.07, 6.45) is 0. The van der Waals surface area contributed by atoms with E-state index in [1.54, 1.807) is 0 Å². The Kier molecular flexibility index (Phi) is 8.01. The van der Waals surface area contributed by atoms with Crippen LogP contribution >= 0.6 is 0 Å². The van der Waals surface area contributed by atoms with E-state index in [0.29, 0.717) is 11.1 Å². The van der Waals surface area contributed by atoms with Crippen LogP contribution in [0.4, 0.5) is 0 Å². The third kappa shape index (κ3) is 5.56. The quantitative estimate of drug-likeness (QED) is 0.167. The minimum Gasteiger partial charge on any atom is -0.192 e. The van der Waals surface area contributed by atoms with Crippen LogP contribution in [0.1, 0.15) is 11.1 Å². The molecule has 0 saturated carbocycles. The van der Waals surface area contributed by atoms with Gasteiger partial charge in [0.25, 0.3) is 0 Å². The Morgan fingerprint density at radius 2 is 0.581 bits per heavy atom. The van der Waals surface area contributed by atoms with E-state index < -0.39 is 0 Å². The summed E-state index contributed by atoms with van der Waals surface area (Å²) in [6, 6.07) is 78.6. The predicted molar refractivity (Wildman–Crippen MR) is 260 cm³/mol. The summed E-state index contributed by atoms with van der Waals surface area (Å²) in [4.78, 5) is 0. The second-order valence-electron chi connectivity index (χ2n) is 16.2. The lowest BCUT2D eigenvalue weighted by Gasteiger charge is -2.20. The van der Waals surface area contributed by atoms with Gasteiger partial charge < -0.3 is 0 Å². The molecule has 284 valence electrons. The van der Waals surface area contributed by atoms with Gasteiger partial charge in [-0.2, -0.15) is 10.5 Å². The van der Waals surface area contributed by atoms with Crippen molar-refractivity contribution in [2.75, 3.05) is 0 Å². The van der Waals surface area contributed by atoms with Gasteiger partial charge in [0.05, 0.1) is 11.1 Å². The normalized spacial score (nSPS) is 11.5. The second kappa shape index (κ2) is 14.0. The van der Waals surface area contributed by atoms with Crippen molar-refractivity contribution in [3.63, 3.8) is 0 Å². The first kappa shape index (κ1) is 35.4. The molecule has 0 radical (unpaired) electrons. The predicted octanol–water partition coefficient (Wildman–Crippen LogP) is 16.2. The average Bonchev–Trinajstić information content (AvgIpc) is 3.35. The highest BCUT2D eigenvalue weighted by Crippen LogP contribution is 2.48. The molecule has 0 aliphatic rings. The van der Waals surface area contributed by atoms with Gasteiger partial charge in [0, 0.05) is 0 Å². The first-order chi connectivity index (χ1) is 30.6. The molecule has 0 heterocycles. The first-order valence-electron chi connectivity index (χ1n) is 20.9. The van der Waals surface area contributed by atoms with E-state index in [1.807, 2.05) is 24.3 Å². The average molecular weight is 783 g/mol. The molecule has 0 aliphatic carbocycles. The van der Waals surface area contributed by atoms with Gasteiger partial charge in [-0.1, -0.05) is 158 Å². The molecule has 0 aliphatic heterocycles.